The zero-order valence-electron chi connectivity index (χ0n) is 17.0. The van der Waals surface area contributed by atoms with Gasteiger partial charge in [0.15, 0.2) is 0 Å². The fraction of sp³-hybridized carbons (Fsp3) is 0.381. The number of aromatic nitrogens is 1. The highest BCUT2D eigenvalue weighted by atomic mass is 16.5. The fourth-order valence-electron chi connectivity index (χ4n) is 3.13. The van der Waals surface area contributed by atoms with Crippen LogP contribution in [0.3, 0.4) is 0 Å². The Labute approximate surface area is 170 Å². The van der Waals surface area contributed by atoms with E-state index in [9.17, 15) is 9.59 Å². The van der Waals surface area contributed by atoms with Crippen molar-refractivity contribution in [3.05, 3.63) is 53.9 Å². The van der Waals surface area contributed by atoms with Gasteiger partial charge in [-0.3, -0.25) is 9.88 Å². The number of methoxy groups -OCH3 is 2. The molecule has 1 aliphatic heterocycles. The Morgan fingerprint density at radius 2 is 1.86 bits per heavy atom. The normalized spacial score (nSPS) is 14.4. The smallest absolute Gasteiger partial charge is 0.339 e. The van der Waals surface area contributed by atoms with Crippen molar-refractivity contribution in [2.45, 2.75) is 6.54 Å². The number of pyridine rings is 1. The van der Waals surface area contributed by atoms with E-state index < -0.39 is 5.97 Å². The molecule has 0 radical (unpaired) electrons. The average molecular weight is 398 g/mol. The van der Waals surface area contributed by atoms with Crippen LogP contribution in [-0.2, 0) is 11.3 Å². The minimum Gasteiger partial charge on any atom is -0.497 e. The lowest BCUT2D eigenvalue weighted by Crippen LogP contribution is -2.52. The summed E-state index contributed by atoms with van der Waals surface area (Å²) in [6.07, 6.45) is 1.46. The molecule has 8 nitrogen and oxygen atoms in total. The number of rotatable bonds is 5. The summed E-state index contributed by atoms with van der Waals surface area (Å²) in [5.74, 6) is 0.231. The second kappa shape index (κ2) is 9.38. The van der Waals surface area contributed by atoms with Crippen LogP contribution in [0.25, 0.3) is 0 Å². The maximum atomic E-state index is 13.3. The summed E-state index contributed by atoms with van der Waals surface area (Å²) in [6.45, 7) is 3.29. The van der Waals surface area contributed by atoms with E-state index in [-0.39, 0.29) is 12.6 Å². The number of likely N-dealkylation sites (N-methyl/N-ethyl adjacent to an activating group) is 1. The first kappa shape index (κ1) is 20.6. The number of ether oxygens (including phenoxy) is 2. The van der Waals surface area contributed by atoms with Gasteiger partial charge in [-0.25, -0.2) is 9.59 Å². The Hall–Kier alpha value is -3.13. The van der Waals surface area contributed by atoms with Gasteiger partial charge in [0.1, 0.15) is 5.75 Å². The first-order valence-corrected chi connectivity index (χ1v) is 9.44. The monoisotopic (exact) mass is 398 g/mol. The van der Waals surface area contributed by atoms with Gasteiger partial charge in [0.05, 0.1) is 32.0 Å². The molecule has 0 bridgehead atoms. The lowest BCUT2D eigenvalue weighted by Gasteiger charge is -2.36. The molecule has 154 valence electrons. The van der Waals surface area contributed by atoms with Crippen LogP contribution < -0.4 is 9.64 Å². The summed E-state index contributed by atoms with van der Waals surface area (Å²) < 4.78 is 10.0. The highest BCUT2D eigenvalue weighted by molar-refractivity contribution is 5.92. The number of piperazine rings is 1. The summed E-state index contributed by atoms with van der Waals surface area (Å²) in [5, 5.41) is 0. The molecule has 1 saturated heterocycles. The van der Waals surface area contributed by atoms with Crippen molar-refractivity contribution in [3.63, 3.8) is 0 Å². The highest BCUT2D eigenvalue weighted by Crippen LogP contribution is 2.24. The number of urea groups is 1. The molecule has 0 saturated carbocycles. The molecule has 1 aliphatic rings. The van der Waals surface area contributed by atoms with Crippen molar-refractivity contribution in [2.75, 3.05) is 52.3 Å². The number of carbonyl (C=O) groups is 2. The third kappa shape index (κ3) is 5.03. The number of hydrogen-bond acceptors (Lipinski definition) is 6. The Kier molecular flexibility index (Phi) is 6.66. The molecule has 0 N–H and O–H groups in total. The second-order valence-electron chi connectivity index (χ2n) is 6.89. The summed E-state index contributed by atoms with van der Waals surface area (Å²) >= 11 is 0. The Morgan fingerprint density at radius 3 is 2.48 bits per heavy atom. The quantitative estimate of drug-likeness (QED) is 0.719. The van der Waals surface area contributed by atoms with Gasteiger partial charge in [0.2, 0.25) is 0 Å². The van der Waals surface area contributed by atoms with Gasteiger partial charge < -0.3 is 19.3 Å². The largest absolute Gasteiger partial charge is 0.497 e. The molecular formula is C21H26N4O4. The van der Waals surface area contributed by atoms with E-state index in [1.807, 2.05) is 29.2 Å². The molecule has 0 spiro atoms. The summed E-state index contributed by atoms with van der Waals surface area (Å²) in [6, 6.07) is 10.7. The lowest BCUT2D eigenvalue weighted by molar-refractivity contribution is 0.0600. The minimum absolute atomic E-state index is 0.0785. The van der Waals surface area contributed by atoms with Crippen LogP contribution in [0.2, 0.25) is 0 Å². The summed E-state index contributed by atoms with van der Waals surface area (Å²) in [5.41, 5.74) is 1.77. The van der Waals surface area contributed by atoms with Crippen LogP contribution in [-0.4, -0.2) is 74.2 Å². The Morgan fingerprint density at radius 1 is 1.10 bits per heavy atom. The van der Waals surface area contributed by atoms with Crippen LogP contribution in [0.4, 0.5) is 10.5 Å². The summed E-state index contributed by atoms with van der Waals surface area (Å²) in [4.78, 5) is 35.0. The van der Waals surface area contributed by atoms with Crippen molar-refractivity contribution in [2.24, 2.45) is 0 Å². The van der Waals surface area contributed by atoms with Crippen LogP contribution in [0.1, 0.15) is 16.1 Å². The molecule has 1 aromatic heterocycles. The number of anilines is 1. The van der Waals surface area contributed by atoms with Gasteiger partial charge in [-0.15, -0.1) is 0 Å². The van der Waals surface area contributed by atoms with Gasteiger partial charge in [-0.05, 0) is 31.3 Å². The molecule has 1 fully saturated rings. The van der Waals surface area contributed by atoms with E-state index in [1.165, 1.54) is 13.3 Å². The molecule has 2 heterocycles. The zero-order valence-corrected chi connectivity index (χ0v) is 17.0. The van der Waals surface area contributed by atoms with Crippen molar-refractivity contribution >= 4 is 17.7 Å². The SMILES string of the molecule is COC(=O)c1ccc(CN(C(=O)N2CCN(C)CC2)c2cccc(OC)c2)nc1. The topological polar surface area (TPSA) is 75.2 Å². The molecule has 2 aromatic rings. The molecular weight excluding hydrogens is 372 g/mol. The standard InChI is InChI=1S/C21H26N4O4/c1-23-9-11-24(12-10-23)21(27)25(18-5-4-6-19(13-18)28-2)15-17-8-7-16(14-22-17)20(26)29-3/h4-8,13-14H,9-12,15H2,1-3H3. The first-order chi connectivity index (χ1) is 14.0. The van der Waals surface area contributed by atoms with Crippen molar-refractivity contribution in [1.82, 2.24) is 14.8 Å². The average Bonchev–Trinajstić information content (AvgIpc) is 2.77. The molecule has 1 aromatic carbocycles. The molecule has 0 unspecified atom stereocenters. The van der Waals surface area contributed by atoms with Crippen molar-refractivity contribution in [3.8, 4) is 5.75 Å². The molecule has 0 atom stereocenters. The van der Waals surface area contributed by atoms with E-state index >= 15 is 0 Å². The van der Waals surface area contributed by atoms with E-state index in [1.54, 1.807) is 24.1 Å². The third-order valence-corrected chi connectivity index (χ3v) is 4.94. The molecule has 2 amide bonds. The van der Waals surface area contributed by atoms with Crippen LogP contribution in [0.15, 0.2) is 42.6 Å². The number of esters is 1. The van der Waals surface area contributed by atoms with Gasteiger partial charge in [-0.2, -0.15) is 0 Å². The van der Waals surface area contributed by atoms with E-state index in [2.05, 4.69) is 16.9 Å². The van der Waals surface area contributed by atoms with E-state index in [0.29, 0.717) is 30.1 Å². The molecule has 0 aliphatic carbocycles. The number of amides is 2. The first-order valence-electron chi connectivity index (χ1n) is 9.44. The number of benzene rings is 1. The van der Waals surface area contributed by atoms with Gasteiger partial charge in [0, 0.05) is 44.1 Å². The van der Waals surface area contributed by atoms with E-state index in [4.69, 9.17) is 9.47 Å². The van der Waals surface area contributed by atoms with Crippen molar-refractivity contribution < 1.29 is 19.1 Å². The Bertz CT molecular complexity index is 848. The van der Waals surface area contributed by atoms with Crippen LogP contribution in [0, 0.1) is 0 Å². The molecule has 29 heavy (non-hydrogen) atoms. The predicted molar refractivity (Wildman–Crippen MR) is 109 cm³/mol. The van der Waals surface area contributed by atoms with Gasteiger partial charge in [0.25, 0.3) is 0 Å². The van der Waals surface area contributed by atoms with Gasteiger partial charge >= 0.3 is 12.0 Å². The maximum Gasteiger partial charge on any atom is 0.339 e. The van der Waals surface area contributed by atoms with Crippen molar-refractivity contribution in [1.29, 1.82) is 0 Å². The van der Waals surface area contributed by atoms with Crippen LogP contribution in [0.5, 0.6) is 5.75 Å². The number of carbonyl (C=O) groups excluding carboxylic acids is 2. The van der Waals surface area contributed by atoms with Crippen LogP contribution >= 0.6 is 0 Å². The summed E-state index contributed by atoms with van der Waals surface area (Å²) in [7, 11) is 4.97. The fourth-order valence-corrected chi connectivity index (χ4v) is 3.13. The lowest BCUT2D eigenvalue weighted by atomic mass is 10.2. The molecule has 8 heteroatoms. The predicted octanol–water partition coefficient (Wildman–Crippen LogP) is 2.25. The number of nitrogens with zero attached hydrogens (tertiary/aromatic N) is 4. The zero-order chi connectivity index (χ0) is 20.8. The Balaban J connectivity index is 1.86. The van der Waals surface area contributed by atoms with E-state index in [0.717, 1.165) is 18.8 Å². The van der Waals surface area contributed by atoms with Gasteiger partial charge in [-0.1, -0.05) is 6.07 Å². The third-order valence-electron chi connectivity index (χ3n) is 4.94. The highest BCUT2D eigenvalue weighted by Gasteiger charge is 2.26. The minimum atomic E-state index is -0.442. The second-order valence-corrected chi connectivity index (χ2v) is 6.89. The number of hydrogen-bond donors (Lipinski definition) is 0. The maximum absolute atomic E-state index is 13.3. The molecule has 3 rings (SSSR count).